The SMILES string of the molecule is Cc1[nH]cnc1CSCCC(=O)C(=N)N. The zero-order valence-electron chi connectivity index (χ0n) is 8.54. The van der Waals surface area contributed by atoms with Crippen molar-refractivity contribution in [1.29, 1.82) is 5.41 Å². The number of nitrogens with zero attached hydrogens (tertiary/aromatic N) is 1. The normalized spacial score (nSPS) is 10.2. The second kappa shape index (κ2) is 5.55. The Morgan fingerprint density at radius 2 is 2.47 bits per heavy atom. The van der Waals surface area contributed by atoms with Crippen molar-refractivity contribution >= 4 is 23.4 Å². The lowest BCUT2D eigenvalue weighted by molar-refractivity contribution is -0.112. The number of nitrogens with one attached hydrogen (secondary N) is 2. The predicted molar refractivity (Wildman–Crippen MR) is 61.0 cm³/mol. The number of carbonyl (C=O) groups excluding carboxylic acids is 1. The van der Waals surface area contributed by atoms with E-state index < -0.39 is 0 Å². The highest BCUT2D eigenvalue weighted by Crippen LogP contribution is 2.13. The van der Waals surface area contributed by atoms with Gasteiger partial charge in [-0.2, -0.15) is 11.8 Å². The smallest absolute Gasteiger partial charge is 0.197 e. The van der Waals surface area contributed by atoms with Crippen LogP contribution in [0.15, 0.2) is 6.33 Å². The number of ketones is 1. The van der Waals surface area contributed by atoms with Crippen LogP contribution >= 0.6 is 11.8 Å². The third-order valence-electron chi connectivity index (χ3n) is 1.95. The van der Waals surface area contributed by atoms with Gasteiger partial charge in [-0.1, -0.05) is 0 Å². The van der Waals surface area contributed by atoms with Crippen molar-refractivity contribution in [3.8, 4) is 0 Å². The van der Waals surface area contributed by atoms with E-state index >= 15 is 0 Å². The first kappa shape index (κ1) is 11.8. The van der Waals surface area contributed by atoms with E-state index in [4.69, 9.17) is 11.1 Å². The molecule has 0 unspecified atom stereocenters. The molecule has 0 amide bonds. The Balaban J connectivity index is 2.20. The molecular formula is C9H14N4OS. The maximum Gasteiger partial charge on any atom is 0.197 e. The molecule has 15 heavy (non-hydrogen) atoms. The van der Waals surface area contributed by atoms with Gasteiger partial charge >= 0.3 is 0 Å². The van der Waals surface area contributed by atoms with Crippen molar-refractivity contribution in [1.82, 2.24) is 9.97 Å². The average molecular weight is 226 g/mol. The molecule has 5 nitrogen and oxygen atoms in total. The average Bonchev–Trinajstić information content (AvgIpc) is 2.58. The largest absolute Gasteiger partial charge is 0.381 e. The number of imidazole rings is 1. The van der Waals surface area contributed by atoms with E-state index in [2.05, 4.69) is 9.97 Å². The minimum atomic E-state index is -0.355. The van der Waals surface area contributed by atoms with Gasteiger partial charge in [0.2, 0.25) is 0 Å². The van der Waals surface area contributed by atoms with Crippen molar-refractivity contribution in [3.05, 3.63) is 17.7 Å². The molecule has 0 saturated heterocycles. The van der Waals surface area contributed by atoms with Gasteiger partial charge in [0, 0.05) is 23.6 Å². The van der Waals surface area contributed by atoms with Crippen LogP contribution in [0.3, 0.4) is 0 Å². The van der Waals surface area contributed by atoms with Gasteiger partial charge in [0.25, 0.3) is 0 Å². The first-order valence-corrected chi connectivity index (χ1v) is 5.70. The molecular weight excluding hydrogens is 212 g/mol. The van der Waals surface area contributed by atoms with Crippen molar-refractivity contribution in [3.63, 3.8) is 0 Å². The fourth-order valence-electron chi connectivity index (χ4n) is 1.00. The number of aromatic nitrogens is 2. The summed E-state index contributed by atoms with van der Waals surface area (Å²) in [6, 6.07) is 0. The number of carbonyl (C=O) groups is 1. The maximum atomic E-state index is 11.0. The summed E-state index contributed by atoms with van der Waals surface area (Å²) in [6.45, 7) is 1.96. The van der Waals surface area contributed by atoms with E-state index in [9.17, 15) is 4.79 Å². The van der Waals surface area contributed by atoms with E-state index in [1.807, 2.05) is 6.92 Å². The zero-order chi connectivity index (χ0) is 11.3. The van der Waals surface area contributed by atoms with Crippen LogP contribution in [0.25, 0.3) is 0 Å². The molecule has 0 aromatic carbocycles. The van der Waals surface area contributed by atoms with Gasteiger partial charge in [0.15, 0.2) is 11.6 Å². The summed E-state index contributed by atoms with van der Waals surface area (Å²) in [4.78, 5) is 18.1. The van der Waals surface area contributed by atoms with Crippen LogP contribution in [0.1, 0.15) is 17.8 Å². The van der Waals surface area contributed by atoms with Gasteiger partial charge in [-0.25, -0.2) is 4.98 Å². The number of H-pyrrole nitrogens is 1. The number of thioether (sulfide) groups is 1. The first-order chi connectivity index (χ1) is 7.11. The fourth-order valence-corrected chi connectivity index (χ4v) is 1.96. The van der Waals surface area contributed by atoms with Crippen molar-refractivity contribution in [2.75, 3.05) is 5.75 Å². The summed E-state index contributed by atoms with van der Waals surface area (Å²) in [5.74, 6) is 0.804. The summed E-state index contributed by atoms with van der Waals surface area (Å²) >= 11 is 1.62. The molecule has 0 atom stereocenters. The quantitative estimate of drug-likeness (QED) is 0.380. The van der Waals surface area contributed by atoms with Crippen LogP contribution in [0.2, 0.25) is 0 Å². The lowest BCUT2D eigenvalue weighted by atomic mass is 10.3. The van der Waals surface area contributed by atoms with Crippen LogP contribution in [0, 0.1) is 12.3 Å². The third kappa shape index (κ3) is 3.75. The number of nitrogens with two attached hydrogens (primary N) is 1. The van der Waals surface area contributed by atoms with E-state index in [1.165, 1.54) is 0 Å². The summed E-state index contributed by atoms with van der Waals surface area (Å²) in [7, 11) is 0. The maximum absolute atomic E-state index is 11.0. The van der Waals surface area contributed by atoms with E-state index in [0.29, 0.717) is 12.2 Å². The van der Waals surface area contributed by atoms with Crippen LogP contribution in [0.5, 0.6) is 0 Å². The van der Waals surface area contributed by atoms with Gasteiger partial charge in [-0.15, -0.1) is 0 Å². The minimum Gasteiger partial charge on any atom is -0.381 e. The third-order valence-corrected chi connectivity index (χ3v) is 2.92. The number of Topliss-reactive ketones (excluding diaryl/α,β-unsaturated/α-hetero) is 1. The number of aryl methyl sites for hydroxylation is 1. The lowest BCUT2D eigenvalue weighted by Crippen LogP contribution is -2.22. The van der Waals surface area contributed by atoms with E-state index in [-0.39, 0.29) is 11.6 Å². The zero-order valence-corrected chi connectivity index (χ0v) is 9.36. The Hall–Kier alpha value is -1.30. The van der Waals surface area contributed by atoms with Gasteiger partial charge < -0.3 is 10.7 Å². The monoisotopic (exact) mass is 226 g/mol. The van der Waals surface area contributed by atoms with Crippen molar-refractivity contribution < 1.29 is 4.79 Å². The molecule has 1 rings (SSSR count). The molecule has 6 heteroatoms. The number of aromatic amines is 1. The topological polar surface area (TPSA) is 95.6 Å². The Kier molecular flexibility index (Phi) is 4.36. The lowest BCUT2D eigenvalue weighted by Gasteiger charge is -1.99. The van der Waals surface area contributed by atoms with Gasteiger partial charge in [-0.05, 0) is 6.92 Å². The Bertz CT molecular complexity index is 361. The number of amidine groups is 1. The van der Waals surface area contributed by atoms with Crippen molar-refractivity contribution in [2.24, 2.45) is 5.73 Å². The molecule has 0 aliphatic rings. The number of hydrogen-bond acceptors (Lipinski definition) is 4. The van der Waals surface area contributed by atoms with Crippen LogP contribution in [-0.4, -0.2) is 27.3 Å². The minimum absolute atomic E-state index is 0.291. The molecule has 1 aromatic rings. The second-order valence-corrected chi connectivity index (χ2v) is 4.22. The predicted octanol–water partition coefficient (Wildman–Crippen LogP) is 0.846. The standard InChI is InChI=1S/C9H14N4OS/c1-6-7(13-5-12-6)4-15-3-2-8(14)9(10)11/h5H,2-4H2,1H3,(H3,10,11)(H,12,13). The summed E-state index contributed by atoms with van der Waals surface area (Å²) < 4.78 is 0. The molecule has 4 N–H and O–H groups in total. The van der Waals surface area contributed by atoms with E-state index in [0.717, 1.165) is 17.1 Å². The van der Waals surface area contributed by atoms with Crippen LogP contribution in [-0.2, 0) is 10.5 Å². The number of rotatable bonds is 6. The van der Waals surface area contributed by atoms with Crippen LogP contribution < -0.4 is 5.73 Å². The number of hydrogen-bond donors (Lipinski definition) is 3. The molecule has 0 aliphatic carbocycles. The van der Waals surface area contributed by atoms with Crippen molar-refractivity contribution in [2.45, 2.75) is 19.1 Å². The summed E-state index contributed by atoms with van der Waals surface area (Å²) in [5.41, 5.74) is 7.11. The molecule has 0 radical (unpaired) electrons. The fraction of sp³-hybridized carbons (Fsp3) is 0.444. The molecule has 0 saturated carbocycles. The Morgan fingerprint density at radius 3 is 3.00 bits per heavy atom. The Labute approximate surface area is 92.4 Å². The molecule has 1 aromatic heterocycles. The summed E-state index contributed by atoms with van der Waals surface area (Å²) in [6.07, 6.45) is 1.98. The molecule has 0 bridgehead atoms. The van der Waals surface area contributed by atoms with Crippen LogP contribution in [0.4, 0.5) is 0 Å². The highest BCUT2D eigenvalue weighted by atomic mass is 32.2. The molecule has 0 fully saturated rings. The first-order valence-electron chi connectivity index (χ1n) is 4.55. The molecule has 0 spiro atoms. The highest BCUT2D eigenvalue weighted by molar-refractivity contribution is 7.98. The highest BCUT2D eigenvalue weighted by Gasteiger charge is 2.05. The summed E-state index contributed by atoms with van der Waals surface area (Å²) in [5, 5.41) is 6.91. The van der Waals surface area contributed by atoms with E-state index in [1.54, 1.807) is 18.1 Å². The Morgan fingerprint density at radius 1 is 1.73 bits per heavy atom. The van der Waals surface area contributed by atoms with Gasteiger partial charge in [0.05, 0.1) is 12.0 Å². The molecule has 82 valence electrons. The molecule has 1 heterocycles. The van der Waals surface area contributed by atoms with Gasteiger partial charge in [0.1, 0.15) is 0 Å². The van der Waals surface area contributed by atoms with Gasteiger partial charge in [-0.3, -0.25) is 10.2 Å². The second-order valence-electron chi connectivity index (χ2n) is 3.11. The molecule has 0 aliphatic heterocycles.